The van der Waals surface area contributed by atoms with Crippen molar-refractivity contribution in [2.24, 2.45) is 0 Å². The van der Waals surface area contributed by atoms with Crippen molar-refractivity contribution in [3.8, 4) is 5.75 Å². The molecule has 29 heavy (non-hydrogen) atoms. The Bertz CT molecular complexity index is 1050. The van der Waals surface area contributed by atoms with E-state index in [-0.39, 0.29) is 34.7 Å². The summed E-state index contributed by atoms with van der Waals surface area (Å²) in [5.41, 5.74) is 0.367. The van der Waals surface area contributed by atoms with Crippen molar-refractivity contribution in [1.82, 2.24) is 19.3 Å². The van der Waals surface area contributed by atoms with Crippen LogP contribution in [-0.2, 0) is 21.4 Å². The molecule has 1 saturated heterocycles. The Morgan fingerprint density at radius 3 is 2.59 bits per heavy atom. The van der Waals surface area contributed by atoms with Crippen molar-refractivity contribution in [2.45, 2.75) is 18.4 Å². The van der Waals surface area contributed by atoms with Crippen LogP contribution in [0.25, 0.3) is 0 Å². The molecule has 0 spiro atoms. The van der Waals surface area contributed by atoms with E-state index in [1.807, 2.05) is 7.05 Å². The maximum atomic E-state index is 13.1. The van der Waals surface area contributed by atoms with Gasteiger partial charge in [-0.2, -0.15) is 9.29 Å². The van der Waals surface area contributed by atoms with Crippen molar-refractivity contribution >= 4 is 33.2 Å². The molecule has 1 aromatic heterocycles. The predicted octanol–water partition coefficient (Wildman–Crippen LogP) is 0.893. The molecule has 1 aromatic carbocycles. The number of sulfonamides is 1. The van der Waals surface area contributed by atoms with Crippen LogP contribution in [0.4, 0.5) is 5.69 Å². The molecule has 0 atom stereocenters. The van der Waals surface area contributed by atoms with Crippen LogP contribution in [0.1, 0.15) is 11.7 Å². The number of fused-ring (bicyclic) bond motifs is 1. The van der Waals surface area contributed by atoms with Crippen LogP contribution in [0.5, 0.6) is 5.75 Å². The fourth-order valence-corrected chi connectivity index (χ4v) is 5.22. The van der Waals surface area contributed by atoms with E-state index in [4.69, 9.17) is 20.9 Å². The second-order valence-electron chi connectivity index (χ2n) is 6.96. The molecule has 0 unspecified atom stereocenters. The smallest absolute Gasteiger partial charge is 0.265 e. The molecule has 2 aliphatic heterocycles. The van der Waals surface area contributed by atoms with Gasteiger partial charge in [-0.15, -0.1) is 0 Å². The second kappa shape index (κ2) is 7.56. The third kappa shape index (κ3) is 3.82. The molecule has 0 saturated carbocycles. The van der Waals surface area contributed by atoms with E-state index in [9.17, 15) is 13.2 Å². The number of aryl methyl sites for hydroxylation is 1. The van der Waals surface area contributed by atoms with Gasteiger partial charge in [-0.25, -0.2) is 8.42 Å². The first-order valence-electron chi connectivity index (χ1n) is 9.00. The number of benzene rings is 1. The van der Waals surface area contributed by atoms with Gasteiger partial charge in [0, 0.05) is 39.2 Å². The molecule has 3 heterocycles. The summed E-state index contributed by atoms with van der Waals surface area (Å²) in [6.07, 6.45) is 0. The van der Waals surface area contributed by atoms with Crippen LogP contribution in [-0.4, -0.2) is 73.5 Å². The van der Waals surface area contributed by atoms with Gasteiger partial charge >= 0.3 is 0 Å². The standard InChI is InChI=1S/C17H20ClN5O5S/c1-11-19-16(20-28-11)9-23-13-7-12(18)15(8-14(13)27-10-17(23)24)29(25,26)22-5-3-21(2)4-6-22/h7-8H,3-6,9-10H2,1-2H3. The highest BCUT2D eigenvalue weighted by molar-refractivity contribution is 7.89. The number of hydrogen-bond acceptors (Lipinski definition) is 8. The average Bonchev–Trinajstić information content (AvgIpc) is 3.09. The van der Waals surface area contributed by atoms with Gasteiger partial charge in [0.25, 0.3) is 5.91 Å². The minimum Gasteiger partial charge on any atom is -0.482 e. The first-order valence-corrected chi connectivity index (χ1v) is 10.8. The summed E-state index contributed by atoms with van der Waals surface area (Å²) >= 11 is 6.35. The largest absolute Gasteiger partial charge is 0.482 e. The quantitative estimate of drug-likeness (QED) is 0.688. The molecule has 12 heteroatoms. The summed E-state index contributed by atoms with van der Waals surface area (Å²) in [6.45, 7) is 3.55. The number of aromatic nitrogens is 2. The fourth-order valence-electron chi connectivity index (χ4n) is 3.29. The van der Waals surface area contributed by atoms with E-state index >= 15 is 0 Å². The molecular weight excluding hydrogens is 422 g/mol. The summed E-state index contributed by atoms with van der Waals surface area (Å²) < 4.78 is 38.0. The zero-order valence-electron chi connectivity index (χ0n) is 16.0. The number of likely N-dealkylation sites (N-methyl/N-ethyl adjacent to an activating group) is 1. The zero-order valence-corrected chi connectivity index (χ0v) is 17.5. The molecule has 0 radical (unpaired) electrons. The maximum absolute atomic E-state index is 13.1. The Hall–Kier alpha value is -2.21. The van der Waals surface area contributed by atoms with Gasteiger partial charge in [-0.3, -0.25) is 9.69 Å². The topological polar surface area (TPSA) is 109 Å². The van der Waals surface area contributed by atoms with Gasteiger partial charge in [0.1, 0.15) is 10.6 Å². The molecule has 0 bridgehead atoms. The Kier molecular flexibility index (Phi) is 5.23. The Morgan fingerprint density at radius 2 is 1.93 bits per heavy atom. The van der Waals surface area contributed by atoms with Crippen molar-refractivity contribution in [3.05, 3.63) is 28.9 Å². The van der Waals surface area contributed by atoms with Gasteiger partial charge in [0.05, 0.1) is 17.3 Å². The van der Waals surface area contributed by atoms with Gasteiger partial charge in [-0.1, -0.05) is 16.8 Å². The molecule has 10 nitrogen and oxygen atoms in total. The van der Waals surface area contributed by atoms with Gasteiger partial charge < -0.3 is 14.2 Å². The van der Waals surface area contributed by atoms with Gasteiger partial charge in [0.2, 0.25) is 15.9 Å². The van der Waals surface area contributed by atoms with Crippen LogP contribution in [0.3, 0.4) is 0 Å². The fraction of sp³-hybridized carbons (Fsp3) is 0.471. The monoisotopic (exact) mass is 441 g/mol. The van der Waals surface area contributed by atoms with E-state index in [0.717, 1.165) is 0 Å². The van der Waals surface area contributed by atoms with Crippen LogP contribution in [0, 0.1) is 6.92 Å². The molecule has 156 valence electrons. The molecule has 0 N–H and O–H groups in total. The Labute approximate surface area is 173 Å². The number of rotatable bonds is 4. The third-order valence-corrected chi connectivity index (χ3v) is 7.27. The van der Waals surface area contributed by atoms with Crippen molar-refractivity contribution in [3.63, 3.8) is 0 Å². The lowest BCUT2D eigenvalue weighted by molar-refractivity contribution is -0.121. The predicted molar refractivity (Wildman–Crippen MR) is 103 cm³/mol. The number of halogens is 1. The SMILES string of the molecule is Cc1nc(CN2C(=O)COc3cc(S(=O)(=O)N4CCN(C)CC4)c(Cl)cc32)no1. The minimum absolute atomic E-state index is 0.0234. The Morgan fingerprint density at radius 1 is 1.21 bits per heavy atom. The highest BCUT2D eigenvalue weighted by atomic mass is 35.5. The summed E-state index contributed by atoms with van der Waals surface area (Å²) in [5, 5.41) is 3.83. The van der Waals surface area contributed by atoms with Crippen molar-refractivity contribution in [2.75, 3.05) is 44.7 Å². The molecule has 1 amide bonds. The van der Waals surface area contributed by atoms with Gasteiger partial charge in [0.15, 0.2) is 12.4 Å². The summed E-state index contributed by atoms with van der Waals surface area (Å²) in [7, 11) is -1.84. The molecule has 2 aliphatic rings. The number of piperazine rings is 1. The van der Waals surface area contributed by atoms with Crippen LogP contribution >= 0.6 is 11.6 Å². The molecule has 4 rings (SSSR count). The normalized spacial score (nSPS) is 18.6. The first kappa shape index (κ1) is 20.1. The lowest BCUT2D eigenvalue weighted by Gasteiger charge is -2.33. The van der Waals surface area contributed by atoms with Crippen LogP contribution < -0.4 is 9.64 Å². The van der Waals surface area contributed by atoms with E-state index < -0.39 is 10.0 Å². The molecule has 1 fully saturated rings. The molecular formula is C17H20ClN5O5S. The lowest BCUT2D eigenvalue weighted by atomic mass is 10.2. The van der Waals surface area contributed by atoms with Crippen LogP contribution in [0.2, 0.25) is 5.02 Å². The minimum atomic E-state index is -3.78. The maximum Gasteiger partial charge on any atom is 0.265 e. The Balaban J connectivity index is 1.67. The van der Waals surface area contributed by atoms with Crippen molar-refractivity contribution in [1.29, 1.82) is 0 Å². The van der Waals surface area contributed by atoms with Gasteiger partial charge in [-0.05, 0) is 13.1 Å². The number of carbonyl (C=O) groups excluding carboxylic acids is 1. The van der Waals surface area contributed by atoms with E-state index in [1.54, 1.807) is 6.92 Å². The van der Waals surface area contributed by atoms with E-state index in [1.165, 1.54) is 21.3 Å². The number of nitrogens with zero attached hydrogens (tertiary/aromatic N) is 5. The highest BCUT2D eigenvalue weighted by Gasteiger charge is 2.34. The number of carbonyl (C=O) groups is 1. The zero-order chi connectivity index (χ0) is 20.8. The summed E-state index contributed by atoms with van der Waals surface area (Å²) in [6, 6.07) is 2.82. The first-order chi connectivity index (χ1) is 13.8. The van der Waals surface area contributed by atoms with E-state index in [0.29, 0.717) is 43.6 Å². The molecule has 0 aliphatic carbocycles. The number of hydrogen-bond donors (Lipinski definition) is 0. The van der Waals surface area contributed by atoms with E-state index in [2.05, 4.69) is 15.0 Å². The third-order valence-electron chi connectivity index (χ3n) is 4.91. The second-order valence-corrected chi connectivity index (χ2v) is 9.27. The number of ether oxygens (including phenoxy) is 1. The lowest BCUT2D eigenvalue weighted by Crippen LogP contribution is -2.47. The number of amides is 1. The molecule has 2 aromatic rings. The number of anilines is 1. The summed E-state index contributed by atoms with van der Waals surface area (Å²) in [4.78, 5) is 19.9. The summed E-state index contributed by atoms with van der Waals surface area (Å²) in [5.74, 6) is 0.661. The van der Waals surface area contributed by atoms with Crippen molar-refractivity contribution < 1.29 is 22.5 Å². The van der Waals surface area contributed by atoms with Crippen LogP contribution in [0.15, 0.2) is 21.6 Å². The average molecular weight is 442 g/mol. The highest BCUT2D eigenvalue weighted by Crippen LogP contribution is 2.40.